The summed E-state index contributed by atoms with van der Waals surface area (Å²) < 4.78 is 0. The Hall–Kier alpha value is -2.27. The predicted molar refractivity (Wildman–Crippen MR) is 82.6 cm³/mol. The van der Waals surface area contributed by atoms with Crippen LogP contribution in [0.4, 0.5) is 11.4 Å². The number of piperidine rings is 1. The van der Waals surface area contributed by atoms with Gasteiger partial charge >= 0.3 is 0 Å². The topological polar surface area (TPSA) is 68.4 Å². The fraction of sp³-hybridized carbons (Fsp3) is 0.312. The summed E-state index contributed by atoms with van der Waals surface area (Å²) in [7, 11) is 0. The highest BCUT2D eigenvalue weighted by atomic mass is 16.3. The molecule has 0 spiro atoms. The van der Waals surface area contributed by atoms with Crippen LogP contribution in [0.1, 0.15) is 23.3 Å². The molecule has 110 valence electrons. The Morgan fingerprint density at radius 1 is 1.19 bits per heavy atom. The van der Waals surface area contributed by atoms with Gasteiger partial charge in [0.25, 0.3) is 5.91 Å². The van der Waals surface area contributed by atoms with Crippen molar-refractivity contribution in [2.45, 2.75) is 18.9 Å². The van der Waals surface area contributed by atoms with E-state index in [-0.39, 0.29) is 12.0 Å². The first kappa shape index (κ1) is 13.7. The lowest BCUT2D eigenvalue weighted by Crippen LogP contribution is -2.36. The zero-order valence-corrected chi connectivity index (χ0v) is 11.7. The Morgan fingerprint density at radius 2 is 1.95 bits per heavy atom. The number of rotatable bonds is 3. The first-order chi connectivity index (χ1) is 10.2. The van der Waals surface area contributed by atoms with Crippen LogP contribution in [0, 0.1) is 0 Å². The molecule has 2 aromatic rings. The number of aromatic amines is 1. The average molecular weight is 285 g/mol. The molecule has 5 heteroatoms. The molecule has 21 heavy (non-hydrogen) atoms. The molecular weight excluding hydrogens is 266 g/mol. The molecule has 1 fully saturated rings. The minimum absolute atomic E-state index is 0.149. The van der Waals surface area contributed by atoms with Gasteiger partial charge in [0.15, 0.2) is 0 Å². The first-order valence-electron chi connectivity index (χ1n) is 7.21. The Bertz CT molecular complexity index is 602. The van der Waals surface area contributed by atoms with Gasteiger partial charge in [0.05, 0.1) is 17.5 Å². The fourth-order valence-corrected chi connectivity index (χ4v) is 2.62. The van der Waals surface area contributed by atoms with Gasteiger partial charge in [-0.1, -0.05) is 12.1 Å². The molecule has 0 radical (unpaired) electrons. The fourth-order valence-electron chi connectivity index (χ4n) is 2.62. The van der Waals surface area contributed by atoms with Gasteiger partial charge in [-0.05, 0) is 37.1 Å². The third-order valence-electron chi connectivity index (χ3n) is 3.80. The van der Waals surface area contributed by atoms with E-state index in [0.29, 0.717) is 5.69 Å². The van der Waals surface area contributed by atoms with Crippen molar-refractivity contribution in [3.8, 4) is 0 Å². The monoisotopic (exact) mass is 285 g/mol. The van der Waals surface area contributed by atoms with Crippen LogP contribution in [-0.4, -0.2) is 35.2 Å². The molecule has 3 rings (SSSR count). The maximum absolute atomic E-state index is 12.2. The third kappa shape index (κ3) is 3.08. The van der Waals surface area contributed by atoms with Gasteiger partial charge in [-0.25, -0.2) is 0 Å². The van der Waals surface area contributed by atoms with Gasteiger partial charge in [-0.3, -0.25) is 4.79 Å². The van der Waals surface area contributed by atoms with E-state index in [2.05, 4.69) is 15.2 Å². The highest BCUT2D eigenvalue weighted by Crippen LogP contribution is 2.28. The summed E-state index contributed by atoms with van der Waals surface area (Å²) in [5.41, 5.74) is 2.34. The molecule has 3 N–H and O–H groups in total. The number of benzene rings is 1. The number of aromatic nitrogens is 1. The zero-order chi connectivity index (χ0) is 14.7. The molecule has 0 atom stereocenters. The van der Waals surface area contributed by atoms with E-state index in [9.17, 15) is 9.90 Å². The molecule has 0 saturated carbocycles. The lowest BCUT2D eigenvalue weighted by Gasteiger charge is -2.32. The number of hydrogen-bond acceptors (Lipinski definition) is 3. The molecule has 0 unspecified atom stereocenters. The predicted octanol–water partition coefficient (Wildman–Crippen LogP) is 2.23. The number of para-hydroxylation sites is 2. The maximum atomic E-state index is 12.2. The number of anilines is 2. The minimum Gasteiger partial charge on any atom is -0.393 e. The summed E-state index contributed by atoms with van der Waals surface area (Å²) in [5.74, 6) is -0.149. The summed E-state index contributed by atoms with van der Waals surface area (Å²) in [6.07, 6.45) is 3.05. The molecule has 1 aromatic heterocycles. The highest BCUT2D eigenvalue weighted by Gasteiger charge is 2.20. The summed E-state index contributed by atoms with van der Waals surface area (Å²) in [5, 5.41) is 12.6. The van der Waals surface area contributed by atoms with E-state index >= 15 is 0 Å². The van der Waals surface area contributed by atoms with Crippen LogP contribution in [-0.2, 0) is 0 Å². The van der Waals surface area contributed by atoms with Crippen LogP contribution in [0.2, 0.25) is 0 Å². The Kier molecular flexibility index (Phi) is 3.92. The van der Waals surface area contributed by atoms with Gasteiger partial charge in [0.2, 0.25) is 0 Å². The van der Waals surface area contributed by atoms with Crippen LogP contribution in [0.25, 0.3) is 0 Å². The highest BCUT2D eigenvalue weighted by molar-refractivity contribution is 6.04. The Balaban J connectivity index is 1.78. The van der Waals surface area contributed by atoms with Gasteiger partial charge in [-0.2, -0.15) is 0 Å². The van der Waals surface area contributed by atoms with E-state index < -0.39 is 0 Å². The number of carbonyl (C=O) groups is 1. The van der Waals surface area contributed by atoms with Gasteiger partial charge < -0.3 is 20.3 Å². The molecular formula is C16H19N3O2. The van der Waals surface area contributed by atoms with Crippen LogP contribution in [0.3, 0.4) is 0 Å². The molecule has 1 saturated heterocycles. The molecule has 1 aromatic carbocycles. The molecule has 0 bridgehead atoms. The molecule has 5 nitrogen and oxygen atoms in total. The number of hydrogen-bond donors (Lipinski definition) is 3. The van der Waals surface area contributed by atoms with Gasteiger partial charge in [-0.15, -0.1) is 0 Å². The summed E-state index contributed by atoms with van der Waals surface area (Å²) in [4.78, 5) is 17.3. The largest absolute Gasteiger partial charge is 0.393 e. The summed E-state index contributed by atoms with van der Waals surface area (Å²) >= 11 is 0. The number of amides is 1. The van der Waals surface area contributed by atoms with Gasteiger partial charge in [0, 0.05) is 19.3 Å². The second-order valence-electron chi connectivity index (χ2n) is 5.27. The molecule has 1 aliphatic heterocycles. The van der Waals surface area contributed by atoms with E-state index in [1.165, 1.54) is 0 Å². The minimum atomic E-state index is -0.207. The van der Waals surface area contributed by atoms with E-state index in [0.717, 1.165) is 37.3 Å². The maximum Gasteiger partial charge on any atom is 0.272 e. The normalized spacial score (nSPS) is 16.0. The Morgan fingerprint density at radius 3 is 2.67 bits per heavy atom. The van der Waals surface area contributed by atoms with Gasteiger partial charge in [0.1, 0.15) is 5.69 Å². The summed E-state index contributed by atoms with van der Waals surface area (Å²) in [6.45, 7) is 1.60. The van der Waals surface area contributed by atoms with Crippen molar-refractivity contribution in [2.24, 2.45) is 0 Å². The van der Waals surface area contributed by atoms with Crippen LogP contribution < -0.4 is 10.2 Å². The van der Waals surface area contributed by atoms with Crippen molar-refractivity contribution in [3.05, 3.63) is 48.3 Å². The number of nitrogens with zero attached hydrogens (tertiary/aromatic N) is 1. The van der Waals surface area contributed by atoms with Crippen molar-refractivity contribution in [1.29, 1.82) is 0 Å². The molecule has 1 aliphatic rings. The van der Waals surface area contributed by atoms with Crippen molar-refractivity contribution in [2.75, 3.05) is 23.3 Å². The van der Waals surface area contributed by atoms with Crippen LogP contribution in [0.15, 0.2) is 42.6 Å². The Labute approximate surface area is 123 Å². The molecule has 0 aliphatic carbocycles. The van der Waals surface area contributed by atoms with Crippen molar-refractivity contribution >= 4 is 17.3 Å². The van der Waals surface area contributed by atoms with Crippen molar-refractivity contribution < 1.29 is 9.90 Å². The summed E-state index contributed by atoms with van der Waals surface area (Å²) in [6, 6.07) is 11.3. The van der Waals surface area contributed by atoms with Crippen molar-refractivity contribution in [1.82, 2.24) is 4.98 Å². The molecule has 1 amide bonds. The zero-order valence-electron chi connectivity index (χ0n) is 11.7. The van der Waals surface area contributed by atoms with Crippen LogP contribution >= 0.6 is 0 Å². The van der Waals surface area contributed by atoms with Crippen molar-refractivity contribution in [3.63, 3.8) is 0 Å². The number of carbonyl (C=O) groups excluding carboxylic acids is 1. The second kappa shape index (κ2) is 6.01. The number of aliphatic hydroxyl groups is 1. The van der Waals surface area contributed by atoms with E-state index in [4.69, 9.17) is 0 Å². The molecule has 2 heterocycles. The van der Waals surface area contributed by atoms with E-state index in [1.54, 1.807) is 18.3 Å². The number of aliphatic hydroxyl groups excluding tert-OH is 1. The first-order valence-corrected chi connectivity index (χ1v) is 7.21. The van der Waals surface area contributed by atoms with E-state index in [1.807, 2.05) is 24.3 Å². The lowest BCUT2D eigenvalue weighted by molar-refractivity contribution is 0.102. The lowest BCUT2D eigenvalue weighted by atomic mass is 10.1. The smallest absolute Gasteiger partial charge is 0.272 e. The average Bonchev–Trinajstić information content (AvgIpc) is 3.03. The second-order valence-corrected chi connectivity index (χ2v) is 5.27. The third-order valence-corrected chi connectivity index (χ3v) is 3.80. The number of H-pyrrole nitrogens is 1. The number of nitrogens with one attached hydrogen (secondary N) is 2. The standard InChI is InChI=1S/C16H19N3O2/c20-12-7-10-19(11-8-12)15-6-2-1-4-13(15)18-16(21)14-5-3-9-17-14/h1-6,9,12,17,20H,7-8,10-11H2,(H,18,21). The quantitative estimate of drug-likeness (QED) is 0.810. The SMILES string of the molecule is O=C(Nc1ccccc1N1CCC(O)CC1)c1ccc[nH]1. The van der Waals surface area contributed by atoms with Crippen LogP contribution in [0.5, 0.6) is 0 Å².